The number of ether oxygens (including phenoxy) is 1. The second kappa shape index (κ2) is 8.96. The van der Waals surface area contributed by atoms with Crippen LogP contribution in [0.5, 0.6) is 0 Å². The molecule has 0 aromatic carbocycles. The fourth-order valence-electron chi connectivity index (χ4n) is 1.17. The quantitative estimate of drug-likeness (QED) is 0.186. The maximum Gasteiger partial charge on any atom is 0.246 e. The highest BCUT2D eigenvalue weighted by Gasteiger charge is 2.12. The lowest BCUT2D eigenvalue weighted by Crippen LogP contribution is -2.39. The van der Waals surface area contributed by atoms with E-state index in [0.29, 0.717) is 13.0 Å². The minimum atomic E-state index is -0.175. The molecule has 0 saturated carbocycles. The van der Waals surface area contributed by atoms with Gasteiger partial charge < -0.3 is 21.0 Å². The number of nitrogens with one attached hydrogen (secondary N) is 1. The van der Waals surface area contributed by atoms with E-state index >= 15 is 0 Å². The molecule has 0 bridgehead atoms. The summed E-state index contributed by atoms with van der Waals surface area (Å²) in [6.07, 6.45) is 1.94. The minimum Gasteiger partial charge on any atom is -0.409 e. The number of rotatable bonds is 8. The highest BCUT2D eigenvalue weighted by atomic mass is 16.5. The molecule has 0 saturated heterocycles. The van der Waals surface area contributed by atoms with Crippen molar-refractivity contribution in [3.8, 4) is 0 Å². The third kappa shape index (κ3) is 7.05. The van der Waals surface area contributed by atoms with E-state index in [4.69, 9.17) is 15.7 Å². The highest BCUT2D eigenvalue weighted by molar-refractivity contribution is 5.82. The van der Waals surface area contributed by atoms with E-state index in [1.807, 2.05) is 13.8 Å². The Balaban J connectivity index is 3.88. The van der Waals surface area contributed by atoms with Crippen LogP contribution in [-0.2, 0) is 9.53 Å². The van der Waals surface area contributed by atoms with Gasteiger partial charge in [0, 0.05) is 19.1 Å². The van der Waals surface area contributed by atoms with Crippen molar-refractivity contribution in [2.24, 2.45) is 10.9 Å². The van der Waals surface area contributed by atoms with Gasteiger partial charge in [-0.2, -0.15) is 0 Å². The summed E-state index contributed by atoms with van der Waals surface area (Å²) >= 11 is 0. The number of oxime groups is 1. The van der Waals surface area contributed by atoms with Crippen LogP contribution in [0.1, 0.15) is 33.1 Å². The second-order valence-electron chi connectivity index (χ2n) is 3.52. The average Bonchev–Trinajstić information content (AvgIpc) is 2.28. The molecule has 0 fully saturated rings. The number of amidine groups is 1. The Morgan fingerprint density at radius 3 is 2.75 bits per heavy atom. The Kier molecular flexibility index (Phi) is 8.24. The van der Waals surface area contributed by atoms with Gasteiger partial charge in [0.15, 0.2) is 0 Å². The number of hydrogen-bond donors (Lipinski definition) is 3. The molecule has 94 valence electrons. The number of hydrogen-bond acceptors (Lipinski definition) is 4. The molecule has 0 aliphatic heterocycles. The smallest absolute Gasteiger partial charge is 0.246 e. The standard InChI is InChI=1S/C10H21N3O3/c1-3-5-16-7-10(14)12-8(4-2)6-9(11)13-15/h8,15H,3-7H2,1-2H3,(H2,11,13)(H,12,14). The molecule has 16 heavy (non-hydrogen) atoms. The average molecular weight is 231 g/mol. The number of amides is 1. The van der Waals surface area contributed by atoms with Crippen molar-refractivity contribution in [1.29, 1.82) is 0 Å². The highest BCUT2D eigenvalue weighted by Crippen LogP contribution is 1.97. The summed E-state index contributed by atoms with van der Waals surface area (Å²) in [6.45, 7) is 4.53. The first-order valence-corrected chi connectivity index (χ1v) is 5.47. The van der Waals surface area contributed by atoms with Gasteiger partial charge in [0.1, 0.15) is 12.4 Å². The van der Waals surface area contributed by atoms with Crippen molar-refractivity contribution in [2.45, 2.75) is 39.2 Å². The van der Waals surface area contributed by atoms with Crippen LogP contribution < -0.4 is 11.1 Å². The largest absolute Gasteiger partial charge is 0.409 e. The van der Waals surface area contributed by atoms with E-state index in [2.05, 4.69) is 10.5 Å². The topological polar surface area (TPSA) is 96.9 Å². The Morgan fingerprint density at radius 2 is 2.25 bits per heavy atom. The summed E-state index contributed by atoms with van der Waals surface area (Å²) in [4.78, 5) is 11.4. The fourth-order valence-corrected chi connectivity index (χ4v) is 1.17. The van der Waals surface area contributed by atoms with Gasteiger partial charge in [0.25, 0.3) is 0 Å². The molecule has 0 heterocycles. The zero-order valence-electron chi connectivity index (χ0n) is 9.90. The first-order chi connectivity index (χ1) is 7.63. The molecule has 0 aromatic heterocycles. The van der Waals surface area contributed by atoms with Crippen LogP contribution >= 0.6 is 0 Å². The van der Waals surface area contributed by atoms with Gasteiger partial charge in [-0.1, -0.05) is 19.0 Å². The molecule has 1 atom stereocenters. The van der Waals surface area contributed by atoms with Crippen LogP contribution in [0.15, 0.2) is 5.16 Å². The summed E-state index contributed by atoms with van der Waals surface area (Å²) < 4.78 is 5.10. The van der Waals surface area contributed by atoms with Crippen molar-refractivity contribution in [1.82, 2.24) is 5.32 Å². The first kappa shape index (κ1) is 14.7. The summed E-state index contributed by atoms with van der Waals surface area (Å²) in [5.74, 6) is -0.0623. The number of carbonyl (C=O) groups excluding carboxylic acids is 1. The van der Waals surface area contributed by atoms with Crippen molar-refractivity contribution >= 4 is 11.7 Å². The molecule has 0 aliphatic carbocycles. The monoisotopic (exact) mass is 231 g/mol. The van der Waals surface area contributed by atoms with Crippen molar-refractivity contribution in [2.75, 3.05) is 13.2 Å². The van der Waals surface area contributed by atoms with Crippen LogP contribution in [0.4, 0.5) is 0 Å². The molecule has 0 radical (unpaired) electrons. The number of nitrogens with two attached hydrogens (primary N) is 1. The van der Waals surface area contributed by atoms with Crippen LogP contribution in [0.25, 0.3) is 0 Å². The first-order valence-electron chi connectivity index (χ1n) is 5.47. The maximum absolute atomic E-state index is 11.4. The normalized spacial score (nSPS) is 13.5. The fraction of sp³-hybridized carbons (Fsp3) is 0.800. The van der Waals surface area contributed by atoms with E-state index in [-0.39, 0.29) is 24.4 Å². The lowest BCUT2D eigenvalue weighted by atomic mass is 10.1. The molecule has 1 unspecified atom stereocenters. The molecule has 0 rings (SSSR count). The zero-order chi connectivity index (χ0) is 12.4. The molecular formula is C10H21N3O3. The van der Waals surface area contributed by atoms with Crippen molar-refractivity contribution in [3.05, 3.63) is 0 Å². The Morgan fingerprint density at radius 1 is 1.56 bits per heavy atom. The molecule has 0 spiro atoms. The van der Waals surface area contributed by atoms with E-state index < -0.39 is 0 Å². The third-order valence-corrected chi connectivity index (χ3v) is 2.02. The van der Waals surface area contributed by atoms with Crippen LogP contribution in [0.2, 0.25) is 0 Å². The van der Waals surface area contributed by atoms with Crippen LogP contribution in [0, 0.1) is 0 Å². The third-order valence-electron chi connectivity index (χ3n) is 2.02. The van der Waals surface area contributed by atoms with Crippen molar-refractivity contribution < 1.29 is 14.7 Å². The number of carbonyl (C=O) groups is 1. The van der Waals surface area contributed by atoms with E-state index in [9.17, 15) is 4.79 Å². The second-order valence-corrected chi connectivity index (χ2v) is 3.52. The van der Waals surface area contributed by atoms with E-state index in [1.54, 1.807) is 0 Å². The molecule has 6 heteroatoms. The van der Waals surface area contributed by atoms with Gasteiger partial charge in [-0.15, -0.1) is 0 Å². The molecular weight excluding hydrogens is 210 g/mol. The predicted molar refractivity (Wildman–Crippen MR) is 61.4 cm³/mol. The summed E-state index contributed by atoms with van der Waals surface area (Å²) in [6, 6.07) is -0.117. The Labute approximate surface area is 95.8 Å². The van der Waals surface area contributed by atoms with E-state index in [0.717, 1.165) is 12.8 Å². The van der Waals surface area contributed by atoms with Crippen LogP contribution in [-0.4, -0.2) is 36.2 Å². The molecule has 1 amide bonds. The van der Waals surface area contributed by atoms with Crippen molar-refractivity contribution in [3.63, 3.8) is 0 Å². The SMILES string of the molecule is CCCOCC(=O)NC(CC)CC(N)=NO. The van der Waals surface area contributed by atoms with Gasteiger partial charge in [0.2, 0.25) is 5.91 Å². The summed E-state index contributed by atoms with van der Waals surface area (Å²) in [5.41, 5.74) is 5.36. The Bertz CT molecular complexity index is 231. The molecule has 0 aliphatic rings. The van der Waals surface area contributed by atoms with Gasteiger partial charge >= 0.3 is 0 Å². The Hall–Kier alpha value is -1.30. The van der Waals surface area contributed by atoms with Gasteiger partial charge in [-0.25, -0.2) is 0 Å². The van der Waals surface area contributed by atoms with Gasteiger partial charge in [0.05, 0.1) is 0 Å². The lowest BCUT2D eigenvalue weighted by molar-refractivity contribution is -0.126. The predicted octanol–water partition coefficient (Wildman–Crippen LogP) is 0.444. The lowest BCUT2D eigenvalue weighted by Gasteiger charge is -2.15. The molecule has 4 N–H and O–H groups in total. The summed E-state index contributed by atoms with van der Waals surface area (Å²) in [7, 11) is 0. The minimum absolute atomic E-state index is 0.0561. The maximum atomic E-state index is 11.4. The van der Waals surface area contributed by atoms with Gasteiger partial charge in [-0.3, -0.25) is 4.79 Å². The summed E-state index contributed by atoms with van der Waals surface area (Å²) in [5, 5.41) is 14.0. The van der Waals surface area contributed by atoms with E-state index in [1.165, 1.54) is 0 Å². The molecule has 0 aromatic rings. The molecule has 6 nitrogen and oxygen atoms in total. The van der Waals surface area contributed by atoms with Crippen LogP contribution in [0.3, 0.4) is 0 Å². The number of nitrogens with zero attached hydrogens (tertiary/aromatic N) is 1. The zero-order valence-corrected chi connectivity index (χ0v) is 9.90. The van der Waals surface area contributed by atoms with Gasteiger partial charge in [-0.05, 0) is 12.8 Å².